The molecule has 1 saturated heterocycles. The van der Waals surface area contributed by atoms with E-state index < -0.39 is 26.2 Å². The fourth-order valence-electron chi connectivity index (χ4n) is 1.32. The van der Waals surface area contributed by atoms with Gasteiger partial charge in [0.25, 0.3) is 10.1 Å². The molecule has 0 aromatic heterocycles. The summed E-state index contributed by atoms with van der Waals surface area (Å²) in [6.45, 7) is 0.435. The molecule has 0 bridgehead atoms. The Morgan fingerprint density at radius 3 is 2.14 bits per heavy atom. The van der Waals surface area contributed by atoms with Gasteiger partial charge in [-0.25, -0.2) is 8.42 Å². The van der Waals surface area contributed by atoms with Crippen LogP contribution in [-0.4, -0.2) is 52.8 Å². The predicted octanol–water partition coefficient (Wildman–Crippen LogP) is -1.00. The monoisotopic (exact) mass is 243 g/mol. The van der Waals surface area contributed by atoms with Gasteiger partial charge in [-0.1, -0.05) is 0 Å². The van der Waals surface area contributed by atoms with Gasteiger partial charge in [0.15, 0.2) is 0 Å². The van der Waals surface area contributed by atoms with Crippen LogP contribution in [0.3, 0.4) is 0 Å². The minimum absolute atomic E-state index is 0.117. The Morgan fingerprint density at radius 1 is 1.21 bits per heavy atom. The first kappa shape index (κ1) is 11.9. The van der Waals surface area contributed by atoms with E-state index in [4.69, 9.17) is 4.18 Å². The maximum Gasteiger partial charge on any atom is 0.264 e. The van der Waals surface area contributed by atoms with Crippen molar-refractivity contribution in [2.45, 2.75) is 12.5 Å². The van der Waals surface area contributed by atoms with Gasteiger partial charge in [-0.3, -0.25) is 4.18 Å². The van der Waals surface area contributed by atoms with Crippen molar-refractivity contribution >= 4 is 20.1 Å². The standard InChI is InChI=1S/C6H13NO5S2/c1-13(8,9)7-4-3-6(5-7)12-14(2,10)11/h6H,3-5H2,1-2H3/t6-/m1/s1. The summed E-state index contributed by atoms with van der Waals surface area (Å²) >= 11 is 0. The topological polar surface area (TPSA) is 80.8 Å². The van der Waals surface area contributed by atoms with Crippen LogP contribution in [0.25, 0.3) is 0 Å². The lowest BCUT2D eigenvalue weighted by molar-refractivity contribution is 0.225. The molecule has 0 spiro atoms. The zero-order valence-corrected chi connectivity index (χ0v) is 9.64. The van der Waals surface area contributed by atoms with E-state index in [2.05, 4.69) is 0 Å². The van der Waals surface area contributed by atoms with Crippen molar-refractivity contribution in [1.29, 1.82) is 0 Å². The molecule has 8 heteroatoms. The fourth-order valence-corrected chi connectivity index (χ4v) is 2.85. The highest BCUT2D eigenvalue weighted by Crippen LogP contribution is 2.16. The Labute approximate surface area is 84.0 Å². The minimum atomic E-state index is -3.50. The van der Waals surface area contributed by atoms with Gasteiger partial charge < -0.3 is 0 Å². The number of rotatable bonds is 3. The summed E-state index contributed by atoms with van der Waals surface area (Å²) in [7, 11) is -6.73. The molecule has 0 unspecified atom stereocenters. The van der Waals surface area contributed by atoms with Crippen LogP contribution in [0.4, 0.5) is 0 Å². The Bertz CT molecular complexity index is 398. The molecular weight excluding hydrogens is 230 g/mol. The van der Waals surface area contributed by atoms with Gasteiger partial charge in [0.1, 0.15) is 0 Å². The highest BCUT2D eigenvalue weighted by molar-refractivity contribution is 7.88. The smallest absolute Gasteiger partial charge is 0.264 e. The molecule has 0 amide bonds. The van der Waals surface area contributed by atoms with E-state index in [9.17, 15) is 16.8 Å². The second-order valence-electron chi connectivity index (χ2n) is 3.33. The van der Waals surface area contributed by atoms with Gasteiger partial charge in [-0.15, -0.1) is 0 Å². The molecule has 14 heavy (non-hydrogen) atoms. The lowest BCUT2D eigenvalue weighted by Gasteiger charge is -2.12. The number of nitrogens with zero attached hydrogens (tertiary/aromatic N) is 1. The van der Waals surface area contributed by atoms with Crippen LogP contribution in [-0.2, 0) is 24.3 Å². The van der Waals surface area contributed by atoms with Gasteiger partial charge in [0, 0.05) is 13.1 Å². The molecule has 0 aliphatic carbocycles. The molecule has 1 atom stereocenters. The first-order chi connectivity index (χ1) is 6.18. The molecule has 0 N–H and O–H groups in total. The van der Waals surface area contributed by atoms with Crippen molar-refractivity contribution in [2.24, 2.45) is 0 Å². The summed E-state index contributed by atoms with van der Waals surface area (Å²) in [6.07, 6.45) is 1.92. The first-order valence-corrected chi connectivity index (χ1v) is 7.68. The second-order valence-corrected chi connectivity index (χ2v) is 6.92. The molecule has 1 aliphatic heterocycles. The summed E-state index contributed by atoms with van der Waals surface area (Å²) in [5, 5.41) is 0. The third-order valence-electron chi connectivity index (χ3n) is 1.89. The van der Waals surface area contributed by atoms with Crippen molar-refractivity contribution in [3.05, 3.63) is 0 Å². The maximum absolute atomic E-state index is 11.1. The van der Waals surface area contributed by atoms with Crippen molar-refractivity contribution < 1.29 is 21.0 Å². The van der Waals surface area contributed by atoms with E-state index in [-0.39, 0.29) is 6.54 Å². The average molecular weight is 243 g/mol. The molecule has 1 fully saturated rings. The van der Waals surface area contributed by atoms with E-state index >= 15 is 0 Å². The van der Waals surface area contributed by atoms with Crippen molar-refractivity contribution in [3.8, 4) is 0 Å². The van der Waals surface area contributed by atoms with Gasteiger partial charge >= 0.3 is 0 Å². The first-order valence-electron chi connectivity index (χ1n) is 4.02. The lowest BCUT2D eigenvalue weighted by atomic mass is 10.3. The molecule has 6 nitrogen and oxygen atoms in total. The van der Waals surface area contributed by atoms with Gasteiger partial charge in [-0.2, -0.15) is 12.7 Å². The van der Waals surface area contributed by atoms with Gasteiger partial charge in [0.05, 0.1) is 18.6 Å². The zero-order chi connectivity index (χ0) is 11.0. The summed E-state index contributed by atoms with van der Waals surface area (Å²) in [5.74, 6) is 0. The third kappa shape index (κ3) is 3.52. The molecule has 1 rings (SSSR count). The molecular formula is C6H13NO5S2. The predicted molar refractivity (Wildman–Crippen MR) is 50.8 cm³/mol. The maximum atomic E-state index is 11.1. The molecule has 0 aromatic carbocycles. The second kappa shape index (κ2) is 3.76. The SMILES string of the molecule is CS(=O)(=O)O[C@@H]1CCN(S(C)(=O)=O)C1. The molecule has 84 valence electrons. The minimum Gasteiger partial charge on any atom is -0.266 e. The number of sulfonamides is 1. The Kier molecular flexibility index (Phi) is 3.20. The van der Waals surface area contributed by atoms with Crippen LogP contribution in [0, 0.1) is 0 Å². The van der Waals surface area contributed by atoms with Crippen LogP contribution >= 0.6 is 0 Å². The highest BCUT2D eigenvalue weighted by atomic mass is 32.2. The van der Waals surface area contributed by atoms with E-state index in [0.717, 1.165) is 12.5 Å². The van der Waals surface area contributed by atoms with Gasteiger partial charge in [-0.05, 0) is 6.42 Å². The summed E-state index contributed by atoms with van der Waals surface area (Å²) in [4.78, 5) is 0. The Morgan fingerprint density at radius 2 is 1.79 bits per heavy atom. The Balaban J connectivity index is 2.59. The fraction of sp³-hybridized carbons (Fsp3) is 1.00. The van der Waals surface area contributed by atoms with Crippen molar-refractivity contribution in [1.82, 2.24) is 4.31 Å². The van der Waals surface area contributed by atoms with Crippen LogP contribution in [0.1, 0.15) is 6.42 Å². The third-order valence-corrected chi connectivity index (χ3v) is 3.78. The molecule has 0 saturated carbocycles. The molecule has 0 radical (unpaired) electrons. The van der Waals surface area contributed by atoms with Crippen LogP contribution in [0.2, 0.25) is 0 Å². The van der Waals surface area contributed by atoms with E-state index in [1.807, 2.05) is 0 Å². The lowest BCUT2D eigenvalue weighted by Crippen LogP contribution is -2.29. The van der Waals surface area contributed by atoms with Gasteiger partial charge in [0.2, 0.25) is 10.0 Å². The van der Waals surface area contributed by atoms with Crippen LogP contribution < -0.4 is 0 Å². The summed E-state index contributed by atoms with van der Waals surface area (Å²) in [6, 6.07) is 0. The van der Waals surface area contributed by atoms with Crippen LogP contribution in [0.15, 0.2) is 0 Å². The van der Waals surface area contributed by atoms with Crippen LogP contribution in [0.5, 0.6) is 0 Å². The highest BCUT2D eigenvalue weighted by Gasteiger charge is 2.31. The molecule has 1 heterocycles. The number of hydrogen-bond donors (Lipinski definition) is 0. The quantitative estimate of drug-likeness (QED) is 0.594. The summed E-state index contributed by atoms with van der Waals surface area (Å²) in [5.41, 5.74) is 0. The molecule has 0 aromatic rings. The summed E-state index contributed by atoms with van der Waals surface area (Å²) < 4.78 is 49.5. The largest absolute Gasteiger partial charge is 0.266 e. The molecule has 1 aliphatic rings. The van der Waals surface area contributed by atoms with E-state index in [0.29, 0.717) is 13.0 Å². The normalized spacial score (nSPS) is 25.4. The average Bonchev–Trinajstić information content (AvgIpc) is 2.29. The van der Waals surface area contributed by atoms with Crippen molar-refractivity contribution in [2.75, 3.05) is 25.6 Å². The zero-order valence-electron chi connectivity index (χ0n) is 8.00. The van der Waals surface area contributed by atoms with E-state index in [1.165, 1.54) is 4.31 Å². The van der Waals surface area contributed by atoms with E-state index in [1.54, 1.807) is 0 Å². The number of hydrogen-bond acceptors (Lipinski definition) is 5. The Hall–Kier alpha value is -0.180. The van der Waals surface area contributed by atoms with Crippen molar-refractivity contribution in [3.63, 3.8) is 0 Å².